The van der Waals surface area contributed by atoms with Crippen molar-refractivity contribution in [3.05, 3.63) is 65.7 Å². The summed E-state index contributed by atoms with van der Waals surface area (Å²) in [5.74, 6) is 0.713. The van der Waals surface area contributed by atoms with Crippen molar-refractivity contribution in [3.63, 3.8) is 0 Å². The Labute approximate surface area is 174 Å². The number of thioether (sulfide) groups is 1. The Balaban J connectivity index is 1.40. The average molecular weight is 413 g/mol. The fourth-order valence-corrected chi connectivity index (χ4v) is 3.89. The van der Waals surface area contributed by atoms with Gasteiger partial charge in [0.25, 0.3) is 5.91 Å². The Morgan fingerprint density at radius 1 is 1.07 bits per heavy atom. The van der Waals surface area contributed by atoms with Crippen molar-refractivity contribution in [2.45, 2.75) is 18.6 Å². The van der Waals surface area contributed by atoms with Gasteiger partial charge in [-0.1, -0.05) is 42.5 Å². The molecule has 7 heteroatoms. The second-order valence-electron chi connectivity index (χ2n) is 6.63. The quantitative estimate of drug-likeness (QED) is 0.506. The highest BCUT2D eigenvalue weighted by molar-refractivity contribution is 7.98. The largest absolute Gasteiger partial charge is 0.452 e. The molecule has 2 aromatic rings. The molecule has 0 aliphatic carbocycles. The van der Waals surface area contributed by atoms with Gasteiger partial charge in [-0.25, -0.2) is 4.79 Å². The van der Waals surface area contributed by atoms with Gasteiger partial charge in [-0.2, -0.15) is 11.8 Å². The lowest BCUT2D eigenvalue weighted by Gasteiger charge is -2.18. The number of esters is 1. The van der Waals surface area contributed by atoms with Gasteiger partial charge in [-0.15, -0.1) is 0 Å². The van der Waals surface area contributed by atoms with Crippen LogP contribution in [0.1, 0.15) is 28.8 Å². The number of benzene rings is 2. The van der Waals surface area contributed by atoms with Crippen LogP contribution in [0.5, 0.6) is 0 Å². The zero-order valence-electron chi connectivity index (χ0n) is 16.1. The minimum atomic E-state index is -0.603. The van der Waals surface area contributed by atoms with Gasteiger partial charge < -0.3 is 15.0 Å². The Hall–Kier alpha value is -2.80. The molecule has 0 radical (unpaired) electrons. The summed E-state index contributed by atoms with van der Waals surface area (Å²) in [5, 5.41) is 2.75. The van der Waals surface area contributed by atoms with Crippen molar-refractivity contribution in [2.75, 3.05) is 30.3 Å². The number of nitrogens with one attached hydrogen (secondary N) is 1. The number of nitrogens with zero attached hydrogens (tertiary/aromatic N) is 1. The molecule has 152 valence electrons. The van der Waals surface area contributed by atoms with Crippen molar-refractivity contribution >= 4 is 35.2 Å². The highest BCUT2D eigenvalue weighted by atomic mass is 32.2. The van der Waals surface area contributed by atoms with Crippen LogP contribution in [0.4, 0.5) is 5.69 Å². The first-order valence-corrected chi connectivity index (χ1v) is 10.8. The van der Waals surface area contributed by atoms with Gasteiger partial charge in [0.05, 0.1) is 11.3 Å². The molecular weight excluding hydrogens is 388 g/mol. The maximum atomic E-state index is 12.4. The summed E-state index contributed by atoms with van der Waals surface area (Å²) < 4.78 is 5.16. The van der Waals surface area contributed by atoms with Gasteiger partial charge in [-0.05, 0) is 24.1 Å². The number of ether oxygens (including phenoxy) is 1. The van der Waals surface area contributed by atoms with E-state index in [2.05, 4.69) is 17.4 Å². The van der Waals surface area contributed by atoms with Gasteiger partial charge in [0.2, 0.25) is 5.91 Å². The van der Waals surface area contributed by atoms with Crippen LogP contribution < -0.4 is 10.2 Å². The van der Waals surface area contributed by atoms with Crippen LogP contribution in [0, 0.1) is 0 Å². The summed E-state index contributed by atoms with van der Waals surface area (Å²) in [6.07, 6.45) is 1.25. The van der Waals surface area contributed by atoms with E-state index in [1.54, 1.807) is 40.9 Å². The first-order valence-electron chi connectivity index (χ1n) is 9.60. The Bertz CT molecular complexity index is 857. The molecule has 0 unspecified atom stereocenters. The molecule has 6 nitrogen and oxygen atoms in total. The topological polar surface area (TPSA) is 75.7 Å². The standard InChI is InChI=1S/C22H24N2O4S/c25-20(23-12-14-29-16-17-7-2-1-3-8-17)15-28-22(27)18-9-4-5-10-19(18)24-13-6-11-21(24)26/h1-5,7-10H,6,11-16H2,(H,23,25). The molecule has 1 fully saturated rings. The first-order chi connectivity index (χ1) is 14.1. The lowest BCUT2D eigenvalue weighted by molar-refractivity contribution is -0.124. The van der Waals surface area contributed by atoms with Crippen molar-refractivity contribution in [1.82, 2.24) is 5.32 Å². The van der Waals surface area contributed by atoms with E-state index in [9.17, 15) is 14.4 Å². The maximum absolute atomic E-state index is 12.4. The van der Waals surface area contributed by atoms with E-state index in [4.69, 9.17) is 4.74 Å². The maximum Gasteiger partial charge on any atom is 0.340 e. The van der Waals surface area contributed by atoms with Crippen LogP contribution in [0.2, 0.25) is 0 Å². The van der Waals surface area contributed by atoms with Gasteiger partial charge >= 0.3 is 5.97 Å². The van der Waals surface area contributed by atoms with Crippen LogP contribution in [0.3, 0.4) is 0 Å². The molecule has 1 aliphatic heterocycles. The summed E-state index contributed by atoms with van der Waals surface area (Å²) >= 11 is 1.73. The smallest absolute Gasteiger partial charge is 0.340 e. The molecule has 3 rings (SSSR count). The highest BCUT2D eigenvalue weighted by Crippen LogP contribution is 2.25. The number of carbonyl (C=O) groups excluding carboxylic acids is 3. The number of anilines is 1. The van der Waals surface area contributed by atoms with Crippen molar-refractivity contribution in [3.8, 4) is 0 Å². The average Bonchev–Trinajstić information content (AvgIpc) is 3.18. The molecule has 1 saturated heterocycles. The molecule has 0 saturated carbocycles. The summed E-state index contributed by atoms with van der Waals surface area (Å²) in [6, 6.07) is 17.0. The number of rotatable bonds is 9. The number of hydrogen-bond acceptors (Lipinski definition) is 5. The SMILES string of the molecule is O=C(COC(=O)c1ccccc1N1CCCC1=O)NCCSCc1ccccc1. The van der Waals surface area contributed by atoms with Crippen LogP contribution in [-0.2, 0) is 20.1 Å². The summed E-state index contributed by atoms with van der Waals surface area (Å²) in [4.78, 5) is 37.9. The Morgan fingerprint density at radius 2 is 1.83 bits per heavy atom. The third-order valence-electron chi connectivity index (χ3n) is 4.50. The summed E-state index contributed by atoms with van der Waals surface area (Å²) in [7, 11) is 0. The molecule has 0 spiro atoms. The Kier molecular flexibility index (Phi) is 7.69. The number of para-hydroxylation sites is 1. The molecule has 29 heavy (non-hydrogen) atoms. The number of hydrogen-bond donors (Lipinski definition) is 1. The van der Waals surface area contributed by atoms with Crippen LogP contribution >= 0.6 is 11.8 Å². The lowest BCUT2D eigenvalue weighted by Crippen LogP contribution is -2.31. The molecule has 2 aromatic carbocycles. The van der Waals surface area contributed by atoms with E-state index >= 15 is 0 Å². The molecule has 2 amide bonds. The molecule has 0 atom stereocenters. The van der Waals surface area contributed by atoms with Crippen LogP contribution in [-0.4, -0.2) is 43.2 Å². The van der Waals surface area contributed by atoms with E-state index in [0.29, 0.717) is 30.8 Å². The summed E-state index contributed by atoms with van der Waals surface area (Å²) in [5.41, 5.74) is 2.08. The van der Waals surface area contributed by atoms with E-state index in [0.717, 1.165) is 17.9 Å². The normalized spacial score (nSPS) is 13.4. The van der Waals surface area contributed by atoms with Crippen LogP contribution in [0.25, 0.3) is 0 Å². The molecular formula is C22H24N2O4S. The molecule has 0 bridgehead atoms. The minimum absolute atomic E-state index is 0.00371. The third kappa shape index (κ3) is 6.09. The predicted octanol–water partition coefficient (Wildman–Crippen LogP) is 3.02. The van der Waals surface area contributed by atoms with E-state index < -0.39 is 5.97 Å². The number of carbonyl (C=O) groups is 3. The highest BCUT2D eigenvalue weighted by Gasteiger charge is 2.26. The zero-order valence-corrected chi connectivity index (χ0v) is 17.0. The fraction of sp³-hybridized carbons (Fsp3) is 0.318. The molecule has 1 aliphatic rings. The molecule has 0 aromatic heterocycles. The zero-order chi connectivity index (χ0) is 20.5. The van der Waals surface area contributed by atoms with Gasteiger partial charge in [0.1, 0.15) is 0 Å². The number of amides is 2. The van der Waals surface area contributed by atoms with E-state index in [-0.39, 0.29) is 18.4 Å². The molecule has 1 N–H and O–H groups in total. The van der Waals surface area contributed by atoms with Gasteiger partial charge in [0.15, 0.2) is 6.61 Å². The molecule has 1 heterocycles. The second-order valence-corrected chi connectivity index (χ2v) is 7.74. The van der Waals surface area contributed by atoms with E-state index in [1.807, 2.05) is 18.2 Å². The third-order valence-corrected chi connectivity index (χ3v) is 5.53. The second kappa shape index (κ2) is 10.7. The predicted molar refractivity (Wildman–Crippen MR) is 114 cm³/mol. The lowest BCUT2D eigenvalue weighted by atomic mass is 10.1. The fourth-order valence-electron chi connectivity index (χ4n) is 3.07. The van der Waals surface area contributed by atoms with Crippen molar-refractivity contribution < 1.29 is 19.1 Å². The first kappa shape index (κ1) is 20.9. The van der Waals surface area contributed by atoms with Gasteiger partial charge in [0, 0.05) is 31.0 Å². The summed E-state index contributed by atoms with van der Waals surface area (Å²) in [6.45, 7) is 0.751. The minimum Gasteiger partial charge on any atom is -0.452 e. The van der Waals surface area contributed by atoms with Crippen molar-refractivity contribution in [2.24, 2.45) is 0 Å². The Morgan fingerprint density at radius 3 is 2.59 bits per heavy atom. The van der Waals surface area contributed by atoms with Gasteiger partial charge in [-0.3, -0.25) is 9.59 Å². The van der Waals surface area contributed by atoms with Crippen molar-refractivity contribution in [1.29, 1.82) is 0 Å². The van der Waals surface area contributed by atoms with E-state index in [1.165, 1.54) is 5.56 Å². The monoisotopic (exact) mass is 412 g/mol. The van der Waals surface area contributed by atoms with Crippen LogP contribution in [0.15, 0.2) is 54.6 Å².